The number of anilines is 1. The SMILES string of the molecule is Cc1cc(-c2nc(=S)nc(N)[nH]2)ccc1Br. The summed E-state index contributed by atoms with van der Waals surface area (Å²) in [7, 11) is 0. The molecule has 0 unspecified atom stereocenters. The zero-order valence-electron chi connectivity index (χ0n) is 8.49. The van der Waals surface area contributed by atoms with E-state index in [9.17, 15) is 0 Å². The summed E-state index contributed by atoms with van der Waals surface area (Å²) in [5.41, 5.74) is 7.63. The molecule has 0 amide bonds. The summed E-state index contributed by atoms with van der Waals surface area (Å²) in [6, 6.07) is 5.89. The molecule has 1 aromatic heterocycles. The van der Waals surface area contributed by atoms with Crippen molar-refractivity contribution in [2.75, 3.05) is 5.73 Å². The Morgan fingerprint density at radius 2 is 2.12 bits per heavy atom. The fourth-order valence-electron chi connectivity index (χ4n) is 1.33. The van der Waals surface area contributed by atoms with Gasteiger partial charge in [0.25, 0.3) is 0 Å². The topological polar surface area (TPSA) is 67.6 Å². The molecule has 2 rings (SSSR count). The molecule has 0 atom stereocenters. The van der Waals surface area contributed by atoms with Crippen molar-refractivity contribution in [2.24, 2.45) is 0 Å². The molecule has 4 nitrogen and oxygen atoms in total. The molecule has 0 fully saturated rings. The van der Waals surface area contributed by atoms with Crippen molar-refractivity contribution in [1.29, 1.82) is 0 Å². The lowest BCUT2D eigenvalue weighted by Gasteiger charge is -2.04. The lowest BCUT2D eigenvalue weighted by atomic mass is 10.1. The molecule has 1 heterocycles. The normalized spacial score (nSPS) is 10.4. The van der Waals surface area contributed by atoms with Crippen molar-refractivity contribution < 1.29 is 0 Å². The molecular formula is C10H9BrN4S. The zero-order valence-corrected chi connectivity index (χ0v) is 10.9. The third-order valence-electron chi connectivity index (χ3n) is 2.10. The fourth-order valence-corrected chi connectivity index (χ4v) is 1.77. The number of rotatable bonds is 1. The van der Waals surface area contributed by atoms with Gasteiger partial charge in [-0.15, -0.1) is 0 Å². The van der Waals surface area contributed by atoms with Gasteiger partial charge in [0.2, 0.25) is 10.7 Å². The van der Waals surface area contributed by atoms with Gasteiger partial charge in [0.1, 0.15) is 5.82 Å². The van der Waals surface area contributed by atoms with Crippen LogP contribution >= 0.6 is 28.1 Å². The average molecular weight is 297 g/mol. The van der Waals surface area contributed by atoms with Gasteiger partial charge >= 0.3 is 0 Å². The minimum atomic E-state index is 0.242. The van der Waals surface area contributed by atoms with E-state index < -0.39 is 0 Å². The Hall–Kier alpha value is -1.27. The van der Waals surface area contributed by atoms with E-state index >= 15 is 0 Å². The van der Waals surface area contributed by atoms with Crippen molar-refractivity contribution in [1.82, 2.24) is 15.0 Å². The molecule has 16 heavy (non-hydrogen) atoms. The van der Waals surface area contributed by atoms with Crippen LogP contribution in [0.3, 0.4) is 0 Å². The quantitative estimate of drug-likeness (QED) is 0.794. The number of nitrogen functional groups attached to an aromatic ring is 1. The molecule has 1 aromatic carbocycles. The van der Waals surface area contributed by atoms with Crippen LogP contribution in [0, 0.1) is 11.7 Å². The number of nitrogens with two attached hydrogens (primary N) is 1. The summed E-state index contributed by atoms with van der Waals surface area (Å²) in [5, 5.41) is 0. The third-order valence-corrected chi connectivity index (χ3v) is 3.17. The smallest absolute Gasteiger partial charge is 0.224 e. The first kappa shape index (κ1) is 11.2. The molecule has 3 N–H and O–H groups in total. The summed E-state index contributed by atoms with van der Waals surface area (Å²) in [6.07, 6.45) is 0. The highest BCUT2D eigenvalue weighted by atomic mass is 79.9. The number of hydrogen-bond acceptors (Lipinski definition) is 4. The molecule has 0 aliphatic rings. The van der Waals surface area contributed by atoms with Crippen molar-refractivity contribution in [2.45, 2.75) is 6.92 Å². The molecule has 6 heteroatoms. The van der Waals surface area contributed by atoms with E-state index in [1.165, 1.54) is 0 Å². The van der Waals surface area contributed by atoms with E-state index in [4.69, 9.17) is 18.0 Å². The summed E-state index contributed by atoms with van der Waals surface area (Å²) >= 11 is 8.36. The van der Waals surface area contributed by atoms with Gasteiger partial charge in [-0.2, -0.15) is 4.98 Å². The van der Waals surface area contributed by atoms with Gasteiger partial charge in [-0.25, -0.2) is 4.98 Å². The number of aryl methyl sites for hydroxylation is 1. The number of halogens is 1. The van der Waals surface area contributed by atoms with Crippen LogP contribution in [0.4, 0.5) is 5.95 Å². The van der Waals surface area contributed by atoms with Crippen LogP contribution < -0.4 is 5.73 Å². The first-order valence-electron chi connectivity index (χ1n) is 4.56. The van der Waals surface area contributed by atoms with Crippen LogP contribution in [-0.4, -0.2) is 15.0 Å². The van der Waals surface area contributed by atoms with Crippen molar-refractivity contribution in [3.63, 3.8) is 0 Å². The first-order valence-corrected chi connectivity index (χ1v) is 5.77. The molecule has 0 bridgehead atoms. The zero-order chi connectivity index (χ0) is 11.7. The minimum absolute atomic E-state index is 0.242. The molecule has 2 aromatic rings. The average Bonchev–Trinajstić information content (AvgIpc) is 2.20. The van der Waals surface area contributed by atoms with E-state index in [0.29, 0.717) is 5.82 Å². The highest BCUT2D eigenvalue weighted by molar-refractivity contribution is 9.10. The Kier molecular flexibility index (Phi) is 3.02. The molecule has 0 radical (unpaired) electrons. The number of nitrogens with one attached hydrogen (secondary N) is 1. The maximum absolute atomic E-state index is 5.58. The summed E-state index contributed by atoms with van der Waals surface area (Å²) in [6.45, 7) is 2.01. The molecule has 0 aliphatic carbocycles. The predicted molar refractivity (Wildman–Crippen MR) is 69.5 cm³/mol. The van der Waals surface area contributed by atoms with Crippen LogP contribution in [0.1, 0.15) is 5.56 Å². The maximum Gasteiger partial charge on any atom is 0.224 e. The van der Waals surface area contributed by atoms with E-state index in [1.54, 1.807) is 0 Å². The van der Waals surface area contributed by atoms with Gasteiger partial charge in [0, 0.05) is 10.0 Å². The van der Waals surface area contributed by atoms with Gasteiger partial charge in [0.15, 0.2) is 0 Å². The molecule has 0 saturated carbocycles. The second-order valence-corrected chi connectivity index (χ2v) is 4.55. The second kappa shape index (κ2) is 4.31. The largest absolute Gasteiger partial charge is 0.369 e. The van der Waals surface area contributed by atoms with E-state index in [2.05, 4.69) is 30.9 Å². The van der Waals surface area contributed by atoms with Gasteiger partial charge in [0.05, 0.1) is 0 Å². The maximum atomic E-state index is 5.58. The van der Waals surface area contributed by atoms with Crippen LogP contribution in [0.5, 0.6) is 0 Å². The van der Waals surface area contributed by atoms with E-state index in [1.807, 2.05) is 25.1 Å². The Labute approximate surface area is 106 Å². The van der Waals surface area contributed by atoms with Crippen molar-refractivity contribution >= 4 is 34.1 Å². The van der Waals surface area contributed by atoms with Crippen LogP contribution in [0.15, 0.2) is 22.7 Å². The van der Waals surface area contributed by atoms with Gasteiger partial charge in [-0.05, 0) is 36.8 Å². The summed E-state index contributed by atoms with van der Waals surface area (Å²) in [5.74, 6) is 0.906. The van der Waals surface area contributed by atoms with E-state index in [0.717, 1.165) is 15.6 Å². The Bertz CT molecular complexity index is 594. The minimum Gasteiger partial charge on any atom is -0.369 e. The Balaban J connectivity index is 2.58. The molecule has 0 aliphatic heterocycles. The lowest BCUT2D eigenvalue weighted by molar-refractivity contribution is 1.05. The standard InChI is InChI=1S/C10H9BrN4S/c1-5-4-6(2-3-7(5)11)8-13-9(12)15-10(16)14-8/h2-4H,1H3,(H3,12,13,14,15,16). The Morgan fingerprint density at radius 1 is 1.38 bits per heavy atom. The predicted octanol–water partition coefficient (Wildman–Crippen LogP) is 2.85. The third kappa shape index (κ3) is 2.28. The van der Waals surface area contributed by atoms with Crippen LogP contribution in [0.2, 0.25) is 0 Å². The van der Waals surface area contributed by atoms with Crippen LogP contribution in [-0.2, 0) is 0 Å². The number of aromatic nitrogens is 3. The second-order valence-electron chi connectivity index (χ2n) is 3.33. The van der Waals surface area contributed by atoms with Gasteiger partial charge < -0.3 is 10.7 Å². The summed E-state index contributed by atoms with van der Waals surface area (Å²) < 4.78 is 1.30. The molecule has 0 saturated heterocycles. The first-order chi connectivity index (χ1) is 7.56. The lowest BCUT2D eigenvalue weighted by Crippen LogP contribution is -1.99. The summed E-state index contributed by atoms with van der Waals surface area (Å²) in [4.78, 5) is 10.8. The highest BCUT2D eigenvalue weighted by Crippen LogP contribution is 2.22. The van der Waals surface area contributed by atoms with Crippen molar-refractivity contribution in [3.8, 4) is 11.4 Å². The van der Waals surface area contributed by atoms with Gasteiger partial charge in [-0.3, -0.25) is 0 Å². The molecule has 82 valence electrons. The molecule has 0 spiro atoms. The number of nitrogens with zero attached hydrogens (tertiary/aromatic N) is 2. The number of hydrogen-bond donors (Lipinski definition) is 2. The Morgan fingerprint density at radius 3 is 2.75 bits per heavy atom. The monoisotopic (exact) mass is 296 g/mol. The van der Waals surface area contributed by atoms with Crippen molar-refractivity contribution in [3.05, 3.63) is 33.0 Å². The van der Waals surface area contributed by atoms with E-state index in [-0.39, 0.29) is 10.7 Å². The number of H-pyrrole nitrogens is 1. The number of aromatic amines is 1. The van der Waals surface area contributed by atoms with Crippen LogP contribution in [0.25, 0.3) is 11.4 Å². The fraction of sp³-hybridized carbons (Fsp3) is 0.100. The molecular weight excluding hydrogens is 288 g/mol. The number of benzene rings is 1. The highest BCUT2D eigenvalue weighted by Gasteiger charge is 2.03. The van der Waals surface area contributed by atoms with Gasteiger partial charge in [-0.1, -0.05) is 22.0 Å².